The molecule has 0 heterocycles. The minimum absolute atomic E-state index is 0.212. The first kappa shape index (κ1) is 19.6. The van der Waals surface area contributed by atoms with Crippen LogP contribution in [0.4, 0.5) is 11.4 Å². The minimum atomic E-state index is -0.688. The fraction of sp³-hybridized carbons (Fsp3) is 0.158. The van der Waals surface area contributed by atoms with E-state index in [2.05, 4.69) is 16.0 Å². The third-order valence-corrected chi connectivity index (χ3v) is 3.41. The summed E-state index contributed by atoms with van der Waals surface area (Å²) in [6.45, 7) is 0.886. The van der Waals surface area contributed by atoms with Crippen LogP contribution in [0.1, 0.15) is 27.6 Å². The van der Waals surface area contributed by atoms with Crippen LogP contribution in [0, 0.1) is 0 Å². The molecule has 27 heavy (non-hydrogen) atoms. The Labute approximate surface area is 155 Å². The Morgan fingerprint density at radius 2 is 1.59 bits per heavy atom. The molecule has 0 aliphatic heterocycles. The van der Waals surface area contributed by atoms with Crippen molar-refractivity contribution in [1.29, 1.82) is 0 Å². The van der Waals surface area contributed by atoms with Crippen molar-refractivity contribution < 1.29 is 23.9 Å². The molecule has 0 spiro atoms. The summed E-state index contributed by atoms with van der Waals surface area (Å²) >= 11 is 0. The van der Waals surface area contributed by atoms with Crippen LogP contribution in [-0.2, 0) is 14.3 Å². The van der Waals surface area contributed by atoms with Gasteiger partial charge in [-0.15, -0.1) is 0 Å². The molecule has 3 amide bonds. The van der Waals surface area contributed by atoms with E-state index >= 15 is 0 Å². The highest BCUT2D eigenvalue weighted by Crippen LogP contribution is 2.12. The molecule has 8 heteroatoms. The van der Waals surface area contributed by atoms with Crippen LogP contribution in [0.25, 0.3) is 0 Å². The molecule has 3 N–H and O–H groups in total. The second-order valence-corrected chi connectivity index (χ2v) is 5.54. The van der Waals surface area contributed by atoms with Gasteiger partial charge in [0.15, 0.2) is 6.61 Å². The summed E-state index contributed by atoms with van der Waals surface area (Å²) in [6.07, 6.45) is 0. The van der Waals surface area contributed by atoms with Gasteiger partial charge in [0.1, 0.15) is 0 Å². The zero-order valence-electron chi connectivity index (χ0n) is 14.9. The number of esters is 1. The monoisotopic (exact) mass is 369 g/mol. The second-order valence-electron chi connectivity index (χ2n) is 5.54. The Morgan fingerprint density at radius 1 is 0.889 bits per heavy atom. The standard InChI is InChI=1S/C19H19N3O5/c1-12(23)21-16-5-3-4-14(10-16)19(26)27-11-17(24)22-15-8-6-13(7-9-15)18(25)20-2/h3-10H,11H2,1-2H3,(H,20,25)(H,21,23)(H,22,24). The predicted octanol–water partition coefficient (Wildman–Crippen LogP) is 1.80. The van der Waals surface area contributed by atoms with Gasteiger partial charge in [0.05, 0.1) is 5.56 Å². The van der Waals surface area contributed by atoms with Gasteiger partial charge in [-0.05, 0) is 42.5 Å². The Kier molecular flexibility index (Phi) is 6.65. The van der Waals surface area contributed by atoms with Crippen molar-refractivity contribution in [3.63, 3.8) is 0 Å². The smallest absolute Gasteiger partial charge is 0.338 e. The molecule has 0 fully saturated rings. The van der Waals surface area contributed by atoms with Crippen molar-refractivity contribution in [3.8, 4) is 0 Å². The average molecular weight is 369 g/mol. The number of nitrogens with one attached hydrogen (secondary N) is 3. The normalized spacial score (nSPS) is 9.85. The highest BCUT2D eigenvalue weighted by Gasteiger charge is 2.12. The van der Waals surface area contributed by atoms with Crippen molar-refractivity contribution in [3.05, 3.63) is 59.7 Å². The summed E-state index contributed by atoms with van der Waals surface area (Å²) < 4.78 is 4.97. The highest BCUT2D eigenvalue weighted by molar-refractivity contribution is 5.98. The summed E-state index contributed by atoms with van der Waals surface area (Å²) in [4.78, 5) is 46.5. The van der Waals surface area contributed by atoms with Crippen LogP contribution >= 0.6 is 0 Å². The minimum Gasteiger partial charge on any atom is -0.452 e. The predicted molar refractivity (Wildman–Crippen MR) is 99.5 cm³/mol. The van der Waals surface area contributed by atoms with E-state index in [1.165, 1.54) is 26.1 Å². The van der Waals surface area contributed by atoms with Gasteiger partial charge in [-0.25, -0.2) is 4.79 Å². The fourth-order valence-corrected chi connectivity index (χ4v) is 2.19. The van der Waals surface area contributed by atoms with Crippen molar-refractivity contribution in [1.82, 2.24) is 5.32 Å². The number of carbonyl (C=O) groups excluding carboxylic acids is 4. The molecule has 2 aromatic rings. The quantitative estimate of drug-likeness (QED) is 0.672. The third-order valence-electron chi connectivity index (χ3n) is 3.41. The third kappa shape index (κ3) is 5.96. The lowest BCUT2D eigenvalue weighted by molar-refractivity contribution is -0.119. The Balaban J connectivity index is 1.88. The number of hydrogen-bond acceptors (Lipinski definition) is 5. The lowest BCUT2D eigenvalue weighted by Crippen LogP contribution is -2.21. The maximum atomic E-state index is 12.0. The zero-order valence-corrected chi connectivity index (χ0v) is 14.9. The van der Waals surface area contributed by atoms with Crippen LogP contribution in [0.3, 0.4) is 0 Å². The van der Waals surface area contributed by atoms with Crippen LogP contribution < -0.4 is 16.0 Å². The highest BCUT2D eigenvalue weighted by atomic mass is 16.5. The lowest BCUT2D eigenvalue weighted by atomic mass is 10.2. The van der Waals surface area contributed by atoms with Gasteiger partial charge < -0.3 is 20.7 Å². The van der Waals surface area contributed by atoms with Crippen molar-refractivity contribution >= 4 is 35.1 Å². The summed E-state index contributed by atoms with van der Waals surface area (Å²) in [6, 6.07) is 12.5. The molecule has 0 atom stereocenters. The van der Waals surface area contributed by atoms with E-state index in [-0.39, 0.29) is 17.4 Å². The van der Waals surface area contributed by atoms with E-state index in [0.717, 1.165) is 0 Å². The number of hydrogen-bond donors (Lipinski definition) is 3. The van der Waals surface area contributed by atoms with Crippen LogP contribution in [0.15, 0.2) is 48.5 Å². The first-order chi connectivity index (χ1) is 12.9. The van der Waals surface area contributed by atoms with Crippen molar-refractivity contribution in [2.24, 2.45) is 0 Å². The second kappa shape index (κ2) is 9.14. The average Bonchev–Trinajstić information content (AvgIpc) is 2.65. The summed E-state index contributed by atoms with van der Waals surface area (Å²) in [7, 11) is 1.53. The van der Waals surface area contributed by atoms with Crippen LogP contribution in [-0.4, -0.2) is 37.3 Å². The Bertz CT molecular complexity index is 862. The number of benzene rings is 2. The van der Waals surface area contributed by atoms with Gasteiger partial charge in [-0.2, -0.15) is 0 Å². The number of amides is 3. The number of rotatable bonds is 6. The Morgan fingerprint density at radius 3 is 2.22 bits per heavy atom. The molecule has 0 saturated carbocycles. The topological polar surface area (TPSA) is 114 Å². The molecule has 8 nitrogen and oxygen atoms in total. The van der Waals surface area contributed by atoms with E-state index in [9.17, 15) is 19.2 Å². The van der Waals surface area contributed by atoms with Crippen LogP contribution in [0.2, 0.25) is 0 Å². The molecule has 2 rings (SSSR count). The molecule has 0 radical (unpaired) electrons. The van der Waals surface area contributed by atoms with Gasteiger partial charge in [0.25, 0.3) is 11.8 Å². The molecule has 0 saturated heterocycles. The SMILES string of the molecule is CNC(=O)c1ccc(NC(=O)COC(=O)c2cccc(NC(C)=O)c2)cc1. The molecule has 0 bridgehead atoms. The van der Waals surface area contributed by atoms with E-state index in [1.807, 2.05) is 0 Å². The molecule has 0 aliphatic carbocycles. The largest absolute Gasteiger partial charge is 0.452 e. The fourth-order valence-electron chi connectivity index (χ4n) is 2.19. The van der Waals surface area contributed by atoms with Gasteiger partial charge >= 0.3 is 5.97 Å². The van der Waals surface area contributed by atoms with Gasteiger partial charge in [-0.3, -0.25) is 14.4 Å². The van der Waals surface area contributed by atoms with Crippen molar-refractivity contribution in [2.45, 2.75) is 6.92 Å². The van der Waals surface area contributed by atoms with Gasteiger partial charge in [0, 0.05) is 30.9 Å². The van der Waals surface area contributed by atoms with Crippen molar-refractivity contribution in [2.75, 3.05) is 24.3 Å². The van der Waals surface area contributed by atoms with E-state index in [4.69, 9.17) is 4.74 Å². The molecular formula is C19H19N3O5. The maximum Gasteiger partial charge on any atom is 0.338 e. The molecule has 0 aliphatic rings. The number of carbonyl (C=O) groups is 4. The van der Waals surface area contributed by atoms with Gasteiger partial charge in [0.2, 0.25) is 5.91 Å². The summed E-state index contributed by atoms with van der Waals surface area (Å²) in [5.74, 6) is -1.70. The first-order valence-corrected chi connectivity index (χ1v) is 8.06. The van der Waals surface area contributed by atoms with E-state index in [0.29, 0.717) is 16.9 Å². The number of ether oxygens (including phenoxy) is 1. The zero-order chi connectivity index (χ0) is 19.8. The Hall–Kier alpha value is -3.68. The lowest BCUT2D eigenvalue weighted by Gasteiger charge is -2.08. The molecule has 2 aromatic carbocycles. The number of anilines is 2. The molecule has 0 aromatic heterocycles. The molecular weight excluding hydrogens is 350 g/mol. The van der Waals surface area contributed by atoms with E-state index < -0.39 is 18.5 Å². The van der Waals surface area contributed by atoms with Gasteiger partial charge in [-0.1, -0.05) is 6.07 Å². The first-order valence-electron chi connectivity index (χ1n) is 8.06. The molecule has 0 unspecified atom stereocenters. The maximum absolute atomic E-state index is 12.0. The summed E-state index contributed by atoms with van der Waals surface area (Å²) in [5.41, 5.74) is 1.60. The van der Waals surface area contributed by atoms with E-state index in [1.54, 1.807) is 36.4 Å². The molecule has 140 valence electrons. The van der Waals surface area contributed by atoms with Crippen LogP contribution in [0.5, 0.6) is 0 Å². The summed E-state index contributed by atoms with van der Waals surface area (Å²) in [5, 5.41) is 7.62.